The molecule has 1 aliphatic rings. The first-order valence-corrected chi connectivity index (χ1v) is 6.88. The van der Waals surface area contributed by atoms with Crippen molar-refractivity contribution in [3.05, 3.63) is 29.8 Å². The fraction of sp³-hybridized carbons (Fsp3) is 0.625. The summed E-state index contributed by atoms with van der Waals surface area (Å²) in [5, 5.41) is 9.77. The summed E-state index contributed by atoms with van der Waals surface area (Å²) in [6.45, 7) is 7.19. The fourth-order valence-electron chi connectivity index (χ4n) is 2.07. The Bertz CT molecular complexity index is 388. The molecule has 1 atom stereocenters. The Morgan fingerprint density at radius 2 is 2.06 bits per heavy atom. The molecule has 1 unspecified atom stereocenters. The van der Waals surface area contributed by atoms with E-state index >= 15 is 0 Å². The number of aliphatic hydroxyl groups is 1. The van der Waals surface area contributed by atoms with Gasteiger partial charge in [0.05, 0.1) is 12.7 Å². The summed E-state index contributed by atoms with van der Waals surface area (Å²) in [7, 11) is 0. The molecule has 0 radical (unpaired) electrons. The summed E-state index contributed by atoms with van der Waals surface area (Å²) in [6.07, 6.45) is 2.93. The number of rotatable bonds is 5. The Balaban J connectivity index is 1.85. The third kappa shape index (κ3) is 3.74. The molecule has 0 bridgehead atoms. The van der Waals surface area contributed by atoms with Crippen molar-refractivity contribution in [3.63, 3.8) is 0 Å². The minimum atomic E-state index is -0.171. The number of aliphatic hydroxyl groups excluding tert-OH is 1. The molecule has 0 aliphatic heterocycles. The van der Waals surface area contributed by atoms with E-state index in [-0.39, 0.29) is 11.5 Å². The molecule has 2 nitrogen and oxygen atoms in total. The van der Waals surface area contributed by atoms with Gasteiger partial charge < -0.3 is 9.84 Å². The average Bonchev–Trinajstić information content (AvgIpc) is 3.12. The Morgan fingerprint density at radius 3 is 2.67 bits per heavy atom. The smallest absolute Gasteiger partial charge is 0.119 e. The lowest BCUT2D eigenvalue weighted by atomic mass is 9.87. The van der Waals surface area contributed by atoms with E-state index in [0.29, 0.717) is 12.5 Å². The molecule has 100 valence electrons. The van der Waals surface area contributed by atoms with Gasteiger partial charge in [-0.05, 0) is 41.9 Å². The lowest BCUT2D eigenvalue weighted by molar-refractivity contribution is 0.119. The molecular weight excluding hydrogens is 224 g/mol. The highest BCUT2D eigenvalue weighted by Gasteiger charge is 2.29. The Morgan fingerprint density at radius 1 is 1.33 bits per heavy atom. The molecule has 0 spiro atoms. The van der Waals surface area contributed by atoms with Crippen molar-refractivity contribution in [1.29, 1.82) is 0 Å². The van der Waals surface area contributed by atoms with Crippen LogP contribution in [-0.2, 0) is 5.41 Å². The third-order valence-electron chi connectivity index (χ3n) is 3.55. The van der Waals surface area contributed by atoms with Crippen LogP contribution in [0.2, 0.25) is 0 Å². The van der Waals surface area contributed by atoms with Gasteiger partial charge in [0, 0.05) is 6.42 Å². The molecule has 0 aromatic heterocycles. The topological polar surface area (TPSA) is 29.5 Å². The Kier molecular flexibility index (Phi) is 3.96. The van der Waals surface area contributed by atoms with Gasteiger partial charge in [-0.25, -0.2) is 0 Å². The molecule has 0 saturated heterocycles. The van der Waals surface area contributed by atoms with E-state index < -0.39 is 0 Å². The van der Waals surface area contributed by atoms with Gasteiger partial charge in [-0.1, -0.05) is 32.9 Å². The summed E-state index contributed by atoms with van der Waals surface area (Å²) >= 11 is 0. The molecule has 1 N–H and O–H groups in total. The van der Waals surface area contributed by atoms with Crippen molar-refractivity contribution in [2.75, 3.05) is 6.61 Å². The van der Waals surface area contributed by atoms with E-state index in [1.54, 1.807) is 0 Å². The van der Waals surface area contributed by atoms with Gasteiger partial charge in [-0.3, -0.25) is 0 Å². The molecule has 1 aromatic carbocycles. The lowest BCUT2D eigenvalue weighted by Gasteiger charge is -2.20. The minimum absolute atomic E-state index is 0.146. The highest BCUT2D eigenvalue weighted by atomic mass is 16.5. The van der Waals surface area contributed by atoms with Gasteiger partial charge in [-0.15, -0.1) is 0 Å². The second kappa shape index (κ2) is 5.31. The molecular formula is C16H24O2. The Labute approximate surface area is 110 Å². The average molecular weight is 248 g/mol. The minimum Gasteiger partial charge on any atom is -0.493 e. The standard InChI is InChI=1S/C16H24O2/c1-16(2,3)13-5-4-6-14(11-13)18-10-9-15(17)12-7-8-12/h4-6,11-12,15,17H,7-10H2,1-3H3. The summed E-state index contributed by atoms with van der Waals surface area (Å²) in [6, 6.07) is 8.25. The number of ether oxygens (including phenoxy) is 1. The molecule has 2 rings (SSSR count). The van der Waals surface area contributed by atoms with Crippen molar-refractivity contribution in [2.24, 2.45) is 5.92 Å². The summed E-state index contributed by atoms with van der Waals surface area (Å²) in [4.78, 5) is 0. The van der Waals surface area contributed by atoms with Crippen LogP contribution in [0.4, 0.5) is 0 Å². The summed E-state index contributed by atoms with van der Waals surface area (Å²) < 4.78 is 5.73. The molecule has 1 saturated carbocycles. The predicted octanol–water partition coefficient (Wildman–Crippen LogP) is 3.52. The number of hydrogen-bond donors (Lipinski definition) is 1. The molecule has 1 aromatic rings. The first-order chi connectivity index (χ1) is 8.47. The molecule has 2 heteroatoms. The lowest BCUT2D eigenvalue weighted by Crippen LogP contribution is -2.14. The number of hydrogen-bond acceptors (Lipinski definition) is 2. The van der Waals surface area contributed by atoms with Crippen molar-refractivity contribution in [2.45, 2.75) is 51.6 Å². The Hall–Kier alpha value is -1.02. The summed E-state index contributed by atoms with van der Waals surface area (Å²) in [5.74, 6) is 1.44. The first kappa shape index (κ1) is 13.4. The predicted molar refractivity (Wildman–Crippen MR) is 74.0 cm³/mol. The molecule has 18 heavy (non-hydrogen) atoms. The van der Waals surface area contributed by atoms with Crippen LogP contribution in [0.3, 0.4) is 0 Å². The van der Waals surface area contributed by atoms with Crippen molar-refractivity contribution < 1.29 is 9.84 Å². The van der Waals surface area contributed by atoms with Crippen LogP contribution >= 0.6 is 0 Å². The second-order valence-electron chi connectivity index (χ2n) is 6.32. The maximum atomic E-state index is 9.77. The highest BCUT2D eigenvalue weighted by molar-refractivity contribution is 5.32. The zero-order valence-corrected chi connectivity index (χ0v) is 11.6. The third-order valence-corrected chi connectivity index (χ3v) is 3.55. The van der Waals surface area contributed by atoms with Gasteiger partial charge in [0.25, 0.3) is 0 Å². The molecule has 1 aliphatic carbocycles. The van der Waals surface area contributed by atoms with Crippen LogP contribution in [-0.4, -0.2) is 17.8 Å². The maximum absolute atomic E-state index is 9.77. The maximum Gasteiger partial charge on any atom is 0.119 e. The highest BCUT2D eigenvalue weighted by Crippen LogP contribution is 2.34. The SMILES string of the molecule is CC(C)(C)c1cccc(OCCC(O)C2CC2)c1. The monoisotopic (exact) mass is 248 g/mol. The van der Waals surface area contributed by atoms with E-state index in [1.165, 1.54) is 18.4 Å². The zero-order valence-electron chi connectivity index (χ0n) is 11.6. The van der Waals surface area contributed by atoms with Crippen molar-refractivity contribution in [1.82, 2.24) is 0 Å². The van der Waals surface area contributed by atoms with Crippen LogP contribution in [0, 0.1) is 5.92 Å². The first-order valence-electron chi connectivity index (χ1n) is 6.88. The van der Waals surface area contributed by atoms with Crippen LogP contribution in [0.1, 0.15) is 45.6 Å². The zero-order chi connectivity index (χ0) is 13.2. The number of benzene rings is 1. The normalized spacial score (nSPS) is 17.6. The van der Waals surface area contributed by atoms with E-state index in [0.717, 1.165) is 12.2 Å². The van der Waals surface area contributed by atoms with Gasteiger partial charge in [-0.2, -0.15) is 0 Å². The van der Waals surface area contributed by atoms with Crippen LogP contribution < -0.4 is 4.74 Å². The van der Waals surface area contributed by atoms with Crippen molar-refractivity contribution in [3.8, 4) is 5.75 Å². The van der Waals surface area contributed by atoms with E-state index in [4.69, 9.17) is 4.74 Å². The van der Waals surface area contributed by atoms with Gasteiger partial charge >= 0.3 is 0 Å². The van der Waals surface area contributed by atoms with Crippen LogP contribution in [0.5, 0.6) is 5.75 Å². The van der Waals surface area contributed by atoms with Crippen LogP contribution in [0.15, 0.2) is 24.3 Å². The van der Waals surface area contributed by atoms with Crippen molar-refractivity contribution >= 4 is 0 Å². The quantitative estimate of drug-likeness (QED) is 0.864. The molecule has 0 amide bonds. The largest absolute Gasteiger partial charge is 0.493 e. The fourth-order valence-corrected chi connectivity index (χ4v) is 2.07. The van der Waals surface area contributed by atoms with Gasteiger partial charge in [0.1, 0.15) is 5.75 Å². The second-order valence-corrected chi connectivity index (χ2v) is 6.32. The van der Waals surface area contributed by atoms with E-state index in [1.807, 2.05) is 12.1 Å². The van der Waals surface area contributed by atoms with E-state index in [9.17, 15) is 5.11 Å². The van der Waals surface area contributed by atoms with Gasteiger partial charge in [0.2, 0.25) is 0 Å². The van der Waals surface area contributed by atoms with E-state index in [2.05, 4.69) is 32.9 Å². The molecule has 1 fully saturated rings. The van der Waals surface area contributed by atoms with Crippen LogP contribution in [0.25, 0.3) is 0 Å². The summed E-state index contributed by atoms with van der Waals surface area (Å²) in [5.41, 5.74) is 1.43. The van der Waals surface area contributed by atoms with Gasteiger partial charge in [0.15, 0.2) is 0 Å². The molecule has 0 heterocycles.